The maximum atomic E-state index is 10.4. The number of carboxylic acids is 1. The van der Waals surface area contributed by atoms with Crippen molar-refractivity contribution in [2.45, 2.75) is 32.7 Å². The van der Waals surface area contributed by atoms with Gasteiger partial charge < -0.3 is 5.11 Å². The van der Waals surface area contributed by atoms with Crippen molar-refractivity contribution in [3.63, 3.8) is 0 Å². The minimum absolute atomic E-state index is 0.241. The molecule has 0 saturated heterocycles. The van der Waals surface area contributed by atoms with Crippen LogP contribution in [0.4, 0.5) is 0 Å². The zero-order valence-electron chi connectivity index (χ0n) is 10.8. The zero-order chi connectivity index (χ0) is 12.8. The molecular weight excluding hydrogens is 214 g/mol. The van der Waals surface area contributed by atoms with Gasteiger partial charge in [-0.3, -0.25) is 9.69 Å². The fraction of sp³-hybridized carbons (Fsp3) is 0.500. The lowest BCUT2D eigenvalue weighted by atomic mass is 10.1. The standard InChI is InChI=1S/C14H21NO2/c1-11-6-8-13(9-7-11)12(2)15(3)10-4-5-14(16)17/h6-9,12H,4-5,10H2,1-3H3,(H,16,17). The number of rotatable bonds is 6. The average Bonchev–Trinajstić information content (AvgIpc) is 2.28. The summed E-state index contributed by atoms with van der Waals surface area (Å²) in [6.07, 6.45) is 0.937. The van der Waals surface area contributed by atoms with Gasteiger partial charge in [-0.25, -0.2) is 0 Å². The number of carboxylic acid groups (broad SMARTS) is 1. The van der Waals surface area contributed by atoms with Crippen LogP contribution in [0.1, 0.15) is 36.9 Å². The highest BCUT2D eigenvalue weighted by atomic mass is 16.4. The third-order valence-electron chi connectivity index (χ3n) is 3.12. The summed E-state index contributed by atoms with van der Waals surface area (Å²) in [5.74, 6) is -0.721. The molecule has 0 aliphatic rings. The number of aryl methyl sites for hydroxylation is 1. The molecule has 3 nitrogen and oxygen atoms in total. The second-order valence-electron chi connectivity index (χ2n) is 4.56. The first kappa shape index (κ1) is 13.7. The van der Waals surface area contributed by atoms with Crippen molar-refractivity contribution in [3.8, 4) is 0 Å². The molecule has 1 N–H and O–H groups in total. The molecule has 0 heterocycles. The second kappa shape index (κ2) is 6.40. The van der Waals surface area contributed by atoms with E-state index in [9.17, 15) is 4.79 Å². The van der Waals surface area contributed by atoms with Crippen molar-refractivity contribution in [2.75, 3.05) is 13.6 Å². The van der Waals surface area contributed by atoms with Crippen LogP contribution in [0.15, 0.2) is 24.3 Å². The summed E-state index contributed by atoms with van der Waals surface area (Å²) in [5, 5.41) is 8.59. The minimum Gasteiger partial charge on any atom is -0.481 e. The van der Waals surface area contributed by atoms with E-state index in [2.05, 4.69) is 43.0 Å². The van der Waals surface area contributed by atoms with Crippen molar-refractivity contribution in [1.82, 2.24) is 4.90 Å². The summed E-state index contributed by atoms with van der Waals surface area (Å²) >= 11 is 0. The van der Waals surface area contributed by atoms with Crippen LogP contribution >= 0.6 is 0 Å². The van der Waals surface area contributed by atoms with Gasteiger partial charge in [0.1, 0.15) is 0 Å². The lowest BCUT2D eigenvalue weighted by molar-refractivity contribution is -0.137. The van der Waals surface area contributed by atoms with Gasteiger partial charge in [0.05, 0.1) is 0 Å². The van der Waals surface area contributed by atoms with E-state index < -0.39 is 5.97 Å². The SMILES string of the molecule is Cc1ccc(C(C)N(C)CCCC(=O)O)cc1. The molecule has 0 saturated carbocycles. The van der Waals surface area contributed by atoms with E-state index in [4.69, 9.17) is 5.11 Å². The minimum atomic E-state index is -0.721. The number of hydrogen-bond donors (Lipinski definition) is 1. The molecule has 1 aromatic carbocycles. The van der Waals surface area contributed by atoms with Gasteiger partial charge in [-0.15, -0.1) is 0 Å². The molecule has 1 unspecified atom stereocenters. The summed E-state index contributed by atoms with van der Waals surface area (Å²) in [7, 11) is 2.03. The topological polar surface area (TPSA) is 40.5 Å². The first-order valence-electron chi connectivity index (χ1n) is 5.99. The summed E-state index contributed by atoms with van der Waals surface area (Å²) in [5.41, 5.74) is 2.53. The van der Waals surface area contributed by atoms with E-state index in [1.165, 1.54) is 11.1 Å². The van der Waals surface area contributed by atoms with Gasteiger partial charge in [-0.1, -0.05) is 29.8 Å². The fourth-order valence-corrected chi connectivity index (χ4v) is 1.77. The number of nitrogens with zero attached hydrogens (tertiary/aromatic N) is 1. The van der Waals surface area contributed by atoms with Gasteiger partial charge >= 0.3 is 5.97 Å². The Balaban J connectivity index is 2.48. The summed E-state index contributed by atoms with van der Waals surface area (Å²) in [6, 6.07) is 8.80. The molecule has 0 amide bonds. The molecule has 1 aromatic rings. The third-order valence-corrected chi connectivity index (χ3v) is 3.12. The van der Waals surface area contributed by atoms with Crippen LogP contribution in [0.5, 0.6) is 0 Å². The quantitative estimate of drug-likeness (QED) is 0.824. The van der Waals surface area contributed by atoms with E-state index in [0.717, 1.165) is 6.54 Å². The highest BCUT2D eigenvalue weighted by Gasteiger charge is 2.11. The Morgan fingerprint density at radius 2 is 1.94 bits per heavy atom. The van der Waals surface area contributed by atoms with Crippen LogP contribution in [0, 0.1) is 6.92 Å². The first-order valence-corrected chi connectivity index (χ1v) is 5.99. The molecule has 3 heteroatoms. The molecule has 17 heavy (non-hydrogen) atoms. The van der Waals surface area contributed by atoms with Gasteiger partial charge in [-0.2, -0.15) is 0 Å². The average molecular weight is 235 g/mol. The zero-order valence-corrected chi connectivity index (χ0v) is 10.8. The van der Waals surface area contributed by atoms with Crippen molar-refractivity contribution < 1.29 is 9.90 Å². The Labute approximate surface area is 103 Å². The van der Waals surface area contributed by atoms with Crippen LogP contribution in [-0.4, -0.2) is 29.6 Å². The van der Waals surface area contributed by atoms with Crippen molar-refractivity contribution in [2.24, 2.45) is 0 Å². The summed E-state index contributed by atoms with van der Waals surface area (Å²) in [4.78, 5) is 12.6. The predicted molar refractivity (Wildman–Crippen MR) is 69.1 cm³/mol. The number of aliphatic carboxylic acids is 1. The molecule has 94 valence electrons. The molecule has 1 atom stereocenters. The van der Waals surface area contributed by atoms with Crippen LogP contribution in [-0.2, 0) is 4.79 Å². The van der Waals surface area contributed by atoms with E-state index in [1.807, 2.05) is 7.05 Å². The molecular formula is C14H21NO2. The van der Waals surface area contributed by atoms with Crippen molar-refractivity contribution in [1.29, 1.82) is 0 Å². The number of benzene rings is 1. The van der Waals surface area contributed by atoms with Crippen LogP contribution in [0.25, 0.3) is 0 Å². The van der Waals surface area contributed by atoms with E-state index in [-0.39, 0.29) is 6.42 Å². The molecule has 0 aliphatic heterocycles. The fourth-order valence-electron chi connectivity index (χ4n) is 1.77. The predicted octanol–water partition coefficient (Wildman–Crippen LogP) is 2.85. The molecule has 0 spiro atoms. The van der Waals surface area contributed by atoms with Gasteiger partial charge in [-0.05, 0) is 39.4 Å². The van der Waals surface area contributed by atoms with E-state index >= 15 is 0 Å². The first-order chi connectivity index (χ1) is 8.00. The van der Waals surface area contributed by atoms with E-state index in [1.54, 1.807) is 0 Å². The normalized spacial score (nSPS) is 12.7. The summed E-state index contributed by atoms with van der Waals surface area (Å²) < 4.78 is 0. The Hall–Kier alpha value is -1.35. The molecule has 0 aliphatic carbocycles. The lowest BCUT2D eigenvalue weighted by Crippen LogP contribution is -2.24. The Bertz CT molecular complexity index is 359. The van der Waals surface area contributed by atoms with Gasteiger partial charge in [0.2, 0.25) is 0 Å². The maximum absolute atomic E-state index is 10.4. The van der Waals surface area contributed by atoms with Gasteiger partial charge in [0, 0.05) is 12.5 Å². The monoisotopic (exact) mass is 235 g/mol. The molecule has 0 fully saturated rings. The highest BCUT2D eigenvalue weighted by molar-refractivity contribution is 5.66. The number of hydrogen-bond acceptors (Lipinski definition) is 2. The lowest BCUT2D eigenvalue weighted by Gasteiger charge is -2.24. The van der Waals surface area contributed by atoms with Crippen molar-refractivity contribution >= 4 is 5.97 Å². The Kier molecular flexibility index (Phi) is 5.16. The molecule has 1 rings (SSSR count). The maximum Gasteiger partial charge on any atom is 0.303 e. The van der Waals surface area contributed by atoms with Crippen molar-refractivity contribution in [3.05, 3.63) is 35.4 Å². The smallest absolute Gasteiger partial charge is 0.303 e. The Morgan fingerprint density at radius 3 is 2.47 bits per heavy atom. The Morgan fingerprint density at radius 1 is 1.35 bits per heavy atom. The molecule has 0 radical (unpaired) electrons. The third kappa shape index (κ3) is 4.57. The van der Waals surface area contributed by atoms with Gasteiger partial charge in [0.25, 0.3) is 0 Å². The van der Waals surface area contributed by atoms with E-state index in [0.29, 0.717) is 12.5 Å². The van der Waals surface area contributed by atoms with Gasteiger partial charge in [0.15, 0.2) is 0 Å². The second-order valence-corrected chi connectivity index (χ2v) is 4.56. The van der Waals surface area contributed by atoms with Crippen LogP contribution < -0.4 is 0 Å². The molecule has 0 aromatic heterocycles. The largest absolute Gasteiger partial charge is 0.481 e. The van der Waals surface area contributed by atoms with Crippen LogP contribution in [0.2, 0.25) is 0 Å². The molecule has 0 bridgehead atoms. The summed E-state index contributed by atoms with van der Waals surface area (Å²) in [6.45, 7) is 5.03. The number of carbonyl (C=O) groups is 1. The highest BCUT2D eigenvalue weighted by Crippen LogP contribution is 2.19. The van der Waals surface area contributed by atoms with Crippen LogP contribution in [0.3, 0.4) is 0 Å².